The van der Waals surface area contributed by atoms with Crippen LogP contribution in [-0.4, -0.2) is 23.0 Å². The Morgan fingerprint density at radius 1 is 1.03 bits per heavy atom. The molecule has 0 bridgehead atoms. The summed E-state index contributed by atoms with van der Waals surface area (Å²) in [5, 5.41) is 0. The van der Waals surface area contributed by atoms with Gasteiger partial charge in [0.05, 0.1) is 22.5 Å². The predicted octanol–water partition coefficient (Wildman–Crippen LogP) is 4.46. The van der Waals surface area contributed by atoms with Crippen LogP contribution >= 0.6 is 15.9 Å². The maximum Gasteiger partial charge on any atom is 0.270 e. The Labute approximate surface area is 190 Å². The second kappa shape index (κ2) is 9.15. The Balaban J connectivity index is 1.74. The van der Waals surface area contributed by atoms with E-state index in [1.807, 2.05) is 43.0 Å². The molecule has 4 rings (SSSR count). The lowest BCUT2D eigenvalue weighted by Crippen LogP contribution is -2.30. The third-order valence-electron chi connectivity index (χ3n) is 4.86. The van der Waals surface area contributed by atoms with E-state index in [2.05, 4.69) is 37.1 Å². The highest BCUT2D eigenvalue weighted by atomic mass is 79.9. The molecule has 0 radical (unpaired) electrons. The number of fused-ring (bicyclic) bond motifs is 1. The summed E-state index contributed by atoms with van der Waals surface area (Å²) in [5.74, 6) is 0.603. The van der Waals surface area contributed by atoms with Crippen LogP contribution in [0.25, 0.3) is 16.9 Å². The number of hydrogen-bond donors (Lipinski definition) is 1. The smallest absolute Gasteiger partial charge is 0.258 e. The molecule has 9 heteroatoms. The van der Waals surface area contributed by atoms with Crippen molar-refractivity contribution in [3.05, 3.63) is 71.7 Å². The summed E-state index contributed by atoms with van der Waals surface area (Å²) >= 11 is 3.33. The van der Waals surface area contributed by atoms with E-state index in [9.17, 15) is 8.42 Å². The van der Waals surface area contributed by atoms with Crippen molar-refractivity contribution in [1.29, 1.82) is 0 Å². The molecule has 2 aromatic heterocycles. The van der Waals surface area contributed by atoms with Crippen LogP contribution in [0.3, 0.4) is 0 Å². The molecule has 1 N–H and O–H groups in total. The van der Waals surface area contributed by atoms with Gasteiger partial charge in [0.2, 0.25) is 12.1 Å². The first kappa shape index (κ1) is 21.5. The fourth-order valence-electron chi connectivity index (χ4n) is 3.24. The molecule has 0 aliphatic carbocycles. The molecule has 2 heterocycles. The van der Waals surface area contributed by atoms with Crippen LogP contribution in [0.1, 0.15) is 26.2 Å². The van der Waals surface area contributed by atoms with Crippen molar-refractivity contribution in [3.63, 3.8) is 0 Å². The molecule has 0 fully saturated rings. The average molecular weight is 501 g/mol. The topological polar surface area (TPSA) is 80.8 Å². The molecule has 7 nitrogen and oxygen atoms in total. The summed E-state index contributed by atoms with van der Waals surface area (Å²) in [6.45, 7) is 3.06. The standard InChI is InChI=1S/C22H23BrN5O2S/c1-2-3-6-13-27-14-15-28(16-27)22-21(24-19-7-4-5-8-20(19)25-22)26-31(29,30)18-11-9-17(23)10-12-18/h4-5,7-12,14-16H,2-3,6,13H2,1H3,(H,24,26)/q+1. The minimum atomic E-state index is -3.83. The second-order valence-electron chi connectivity index (χ2n) is 7.21. The molecule has 0 atom stereocenters. The number of nitrogens with zero attached hydrogens (tertiary/aromatic N) is 4. The van der Waals surface area contributed by atoms with E-state index in [0.717, 1.165) is 30.3 Å². The number of imidazole rings is 1. The molecule has 0 aliphatic heterocycles. The lowest BCUT2D eigenvalue weighted by atomic mass is 10.2. The van der Waals surface area contributed by atoms with Gasteiger partial charge in [0.1, 0.15) is 12.4 Å². The van der Waals surface area contributed by atoms with Crippen molar-refractivity contribution in [3.8, 4) is 5.82 Å². The summed E-state index contributed by atoms with van der Waals surface area (Å²) in [6.07, 6.45) is 9.12. The summed E-state index contributed by atoms with van der Waals surface area (Å²) in [7, 11) is -3.83. The van der Waals surface area contributed by atoms with Crippen molar-refractivity contribution in [2.45, 2.75) is 37.6 Å². The van der Waals surface area contributed by atoms with Gasteiger partial charge in [0, 0.05) is 4.47 Å². The summed E-state index contributed by atoms with van der Waals surface area (Å²) in [6, 6.07) is 13.9. The van der Waals surface area contributed by atoms with Crippen LogP contribution in [-0.2, 0) is 16.6 Å². The Kier molecular flexibility index (Phi) is 6.33. The van der Waals surface area contributed by atoms with Crippen molar-refractivity contribution in [2.75, 3.05) is 4.72 Å². The minimum Gasteiger partial charge on any atom is -0.258 e. The van der Waals surface area contributed by atoms with Gasteiger partial charge in [-0.3, -0.25) is 4.72 Å². The van der Waals surface area contributed by atoms with Crippen LogP contribution < -0.4 is 9.29 Å². The quantitative estimate of drug-likeness (QED) is 0.286. The number of aromatic nitrogens is 4. The zero-order valence-electron chi connectivity index (χ0n) is 17.1. The summed E-state index contributed by atoms with van der Waals surface area (Å²) < 4.78 is 33.3. The number of anilines is 1. The van der Waals surface area contributed by atoms with E-state index in [4.69, 9.17) is 4.98 Å². The molecular weight excluding hydrogens is 478 g/mol. The highest BCUT2D eigenvalue weighted by Gasteiger charge is 2.22. The predicted molar refractivity (Wildman–Crippen MR) is 124 cm³/mol. The lowest BCUT2D eigenvalue weighted by Gasteiger charge is -2.10. The Hall–Kier alpha value is -2.78. The van der Waals surface area contributed by atoms with Crippen LogP contribution in [0.4, 0.5) is 5.82 Å². The Morgan fingerprint density at radius 2 is 1.74 bits per heavy atom. The first-order chi connectivity index (χ1) is 15.0. The van der Waals surface area contributed by atoms with Gasteiger partial charge in [-0.1, -0.05) is 41.4 Å². The fourth-order valence-corrected chi connectivity index (χ4v) is 4.50. The number of benzene rings is 2. The number of aryl methyl sites for hydroxylation is 1. The normalized spacial score (nSPS) is 11.7. The lowest BCUT2D eigenvalue weighted by molar-refractivity contribution is -0.696. The van der Waals surface area contributed by atoms with Gasteiger partial charge >= 0.3 is 0 Å². The van der Waals surface area contributed by atoms with E-state index in [1.54, 1.807) is 16.7 Å². The van der Waals surface area contributed by atoms with Crippen LogP contribution in [0.5, 0.6) is 0 Å². The number of hydrogen-bond acceptors (Lipinski definition) is 4. The number of sulfonamides is 1. The van der Waals surface area contributed by atoms with E-state index in [1.165, 1.54) is 12.1 Å². The number of rotatable bonds is 8. The molecule has 4 aromatic rings. The van der Waals surface area contributed by atoms with Crippen molar-refractivity contribution in [1.82, 2.24) is 14.5 Å². The first-order valence-corrected chi connectivity index (χ1v) is 12.4. The largest absolute Gasteiger partial charge is 0.270 e. The molecule has 31 heavy (non-hydrogen) atoms. The van der Waals surface area contributed by atoms with E-state index >= 15 is 0 Å². The third-order valence-corrected chi connectivity index (χ3v) is 6.75. The maximum atomic E-state index is 13.0. The van der Waals surface area contributed by atoms with Gasteiger partial charge in [0.25, 0.3) is 15.8 Å². The summed E-state index contributed by atoms with van der Waals surface area (Å²) in [4.78, 5) is 9.42. The Bertz CT molecular complexity index is 1300. The van der Waals surface area contributed by atoms with Gasteiger partial charge in [-0.15, -0.1) is 0 Å². The molecule has 0 unspecified atom stereocenters. The van der Waals surface area contributed by atoms with Gasteiger partial charge in [-0.25, -0.2) is 23.0 Å². The van der Waals surface area contributed by atoms with Gasteiger partial charge in [0.15, 0.2) is 0 Å². The minimum absolute atomic E-state index is 0.152. The average Bonchev–Trinajstić information content (AvgIpc) is 3.22. The zero-order valence-corrected chi connectivity index (χ0v) is 19.5. The number of nitrogens with one attached hydrogen (secondary N) is 1. The fraction of sp³-hybridized carbons (Fsp3) is 0.227. The van der Waals surface area contributed by atoms with E-state index in [0.29, 0.717) is 16.9 Å². The second-order valence-corrected chi connectivity index (χ2v) is 9.81. The number of para-hydroxylation sites is 2. The zero-order chi connectivity index (χ0) is 21.8. The van der Waals surface area contributed by atoms with Crippen LogP contribution in [0, 0.1) is 0 Å². The first-order valence-electron chi connectivity index (χ1n) is 10.1. The molecule has 0 aliphatic rings. The van der Waals surface area contributed by atoms with Crippen LogP contribution in [0.2, 0.25) is 0 Å². The SMILES string of the molecule is CCCCC[n+]1ccn(-c2nc3ccccc3nc2NS(=O)(=O)c2ccc(Br)cc2)c1. The van der Waals surface area contributed by atoms with Gasteiger partial charge in [-0.05, 0) is 49.2 Å². The molecule has 0 spiro atoms. The van der Waals surface area contributed by atoms with Gasteiger partial charge in [-0.2, -0.15) is 4.57 Å². The maximum absolute atomic E-state index is 13.0. The molecule has 0 saturated carbocycles. The monoisotopic (exact) mass is 500 g/mol. The van der Waals surface area contributed by atoms with E-state index in [-0.39, 0.29) is 10.7 Å². The molecule has 160 valence electrons. The molecule has 0 amide bonds. The number of halogens is 1. The van der Waals surface area contributed by atoms with Crippen molar-refractivity contribution < 1.29 is 13.0 Å². The molecule has 2 aromatic carbocycles. The van der Waals surface area contributed by atoms with Gasteiger partial charge < -0.3 is 0 Å². The highest BCUT2D eigenvalue weighted by Crippen LogP contribution is 2.24. The van der Waals surface area contributed by atoms with E-state index < -0.39 is 10.0 Å². The van der Waals surface area contributed by atoms with Crippen molar-refractivity contribution >= 4 is 42.8 Å². The summed E-state index contributed by atoms with van der Waals surface area (Å²) in [5.41, 5.74) is 1.30. The Morgan fingerprint density at radius 3 is 2.45 bits per heavy atom. The van der Waals surface area contributed by atoms with Crippen LogP contribution in [0.15, 0.2) is 76.6 Å². The molecule has 0 saturated heterocycles. The highest BCUT2D eigenvalue weighted by molar-refractivity contribution is 9.10. The van der Waals surface area contributed by atoms with Crippen molar-refractivity contribution in [2.24, 2.45) is 0 Å². The number of unbranched alkanes of at least 4 members (excludes halogenated alkanes) is 2. The molecular formula is C22H23BrN5O2S+. The third kappa shape index (κ3) is 4.94.